The van der Waals surface area contributed by atoms with Crippen molar-refractivity contribution in [2.24, 2.45) is 0 Å². The molecule has 0 nitrogen and oxygen atoms in total. The minimum Gasteiger partial charge on any atom is -0.179 e. The van der Waals surface area contributed by atoms with Crippen LogP contribution in [0.3, 0.4) is 0 Å². The summed E-state index contributed by atoms with van der Waals surface area (Å²) in [5.74, 6) is 10.5. The molecule has 0 aromatic heterocycles. The number of hydrogen-bond donors (Lipinski definition) is 2. The number of rotatable bonds is 38. The Hall–Kier alpha value is 1.49. The fourth-order valence-corrected chi connectivity index (χ4v) is 19.5. The number of thioether (sulfide) groups is 4. The van der Waals surface area contributed by atoms with Crippen molar-refractivity contribution in [3.05, 3.63) is 50.6 Å². The number of unbranched alkanes of at least 4 members (excludes halogenated alkanes) is 8. The molecule has 0 aliphatic rings. The van der Waals surface area contributed by atoms with E-state index < -0.39 is 16.1 Å². The highest BCUT2D eigenvalue weighted by molar-refractivity contribution is 7.99. The summed E-state index contributed by atoms with van der Waals surface area (Å²) in [6.45, 7) is 19.9. The lowest BCUT2D eigenvalue weighted by Crippen LogP contribution is -2.34. The predicted molar refractivity (Wildman–Crippen MR) is 270 cm³/mol. The van der Waals surface area contributed by atoms with Gasteiger partial charge in [-0.05, 0) is 134 Å². The second-order valence-electron chi connectivity index (χ2n) is 14.2. The van der Waals surface area contributed by atoms with E-state index in [1.165, 1.54) is 131 Å². The van der Waals surface area contributed by atoms with Gasteiger partial charge in [-0.2, -0.15) is 72.3 Å². The number of thiol groups is 2. The molecule has 304 valence electrons. The number of hydrogen-bond acceptors (Lipinski definition) is 6. The van der Waals surface area contributed by atoms with Gasteiger partial charge in [0.1, 0.15) is 0 Å². The highest BCUT2D eigenvalue weighted by Gasteiger charge is 2.30. The van der Waals surface area contributed by atoms with E-state index in [9.17, 15) is 0 Å². The second kappa shape index (κ2) is 47.6. The molecule has 51 heavy (non-hydrogen) atoms. The van der Waals surface area contributed by atoms with E-state index in [2.05, 4.69) is 125 Å². The van der Waals surface area contributed by atoms with Gasteiger partial charge in [0, 0.05) is 0 Å². The Labute approximate surface area is 353 Å². The van der Waals surface area contributed by atoms with Gasteiger partial charge in [0.2, 0.25) is 0 Å². The lowest BCUT2D eigenvalue weighted by atomic mass is 10.2. The highest BCUT2D eigenvalue weighted by atomic mass is 32.2. The van der Waals surface area contributed by atoms with E-state index in [1.54, 1.807) is 24.2 Å². The smallest absolute Gasteiger partial charge is 0.0685 e. The molecule has 0 saturated heterocycles. The first-order chi connectivity index (χ1) is 24.9. The van der Waals surface area contributed by atoms with Crippen LogP contribution in [-0.2, 0) is 0 Å². The monoisotopic (exact) mass is 852 g/mol. The first-order valence-corrected chi connectivity index (χ1v) is 32.7. The van der Waals surface area contributed by atoms with Crippen LogP contribution < -0.4 is 0 Å². The lowest BCUT2D eigenvalue weighted by Gasteiger charge is -2.33. The van der Waals surface area contributed by atoms with Crippen molar-refractivity contribution in [2.75, 3.05) is 58.5 Å². The van der Waals surface area contributed by atoms with Crippen LogP contribution >= 0.6 is 72.3 Å². The average Bonchev–Trinajstić information content (AvgIpc) is 3.12. The fraction of sp³-hybridized carbons (Fsp3) is 0.814. The summed E-state index contributed by atoms with van der Waals surface area (Å²) >= 11 is 16.8. The zero-order valence-electron chi connectivity index (χ0n) is 34.6. The molecule has 0 amide bonds. The normalized spacial score (nSPS) is 11.3. The van der Waals surface area contributed by atoms with Crippen molar-refractivity contribution in [1.29, 1.82) is 0 Å². The van der Waals surface area contributed by atoms with E-state index >= 15 is 0 Å². The maximum Gasteiger partial charge on any atom is 0.0685 e. The summed E-state index contributed by atoms with van der Waals surface area (Å²) in [6, 6.07) is 11.0. The van der Waals surface area contributed by atoms with Gasteiger partial charge >= 0.3 is 0 Å². The maximum absolute atomic E-state index is 4.07. The van der Waals surface area contributed by atoms with Crippen molar-refractivity contribution < 1.29 is 0 Å². The van der Waals surface area contributed by atoms with Gasteiger partial charge in [-0.15, -0.1) is 26.3 Å². The summed E-state index contributed by atoms with van der Waals surface area (Å²) in [7, 11) is -2.35. The van der Waals surface area contributed by atoms with E-state index in [0.717, 1.165) is 35.7 Å². The molecule has 0 rings (SSSR count). The van der Waals surface area contributed by atoms with Crippen LogP contribution in [0.5, 0.6) is 0 Å². The van der Waals surface area contributed by atoms with Gasteiger partial charge in [-0.25, -0.2) is 0 Å². The molecule has 0 aliphatic heterocycles. The van der Waals surface area contributed by atoms with E-state index in [0.29, 0.717) is 0 Å². The summed E-state index contributed by atoms with van der Waals surface area (Å²) in [5.41, 5.74) is 0. The largest absolute Gasteiger partial charge is 0.179 e. The Morgan fingerprint density at radius 2 is 0.725 bits per heavy atom. The fourth-order valence-electron chi connectivity index (χ4n) is 6.62. The van der Waals surface area contributed by atoms with Crippen molar-refractivity contribution in [3.63, 3.8) is 0 Å². The van der Waals surface area contributed by atoms with Crippen molar-refractivity contribution in [1.82, 2.24) is 0 Å². The summed E-state index contributed by atoms with van der Waals surface area (Å²) in [5, 5.41) is 0. The Morgan fingerprint density at radius 3 is 1.02 bits per heavy atom. The zero-order chi connectivity index (χ0) is 38.6. The van der Waals surface area contributed by atoms with Crippen LogP contribution in [-0.4, -0.2) is 74.7 Å². The molecule has 0 aliphatic carbocycles. The van der Waals surface area contributed by atoms with Crippen LogP contribution in [0.15, 0.2) is 50.6 Å². The van der Waals surface area contributed by atoms with Crippen LogP contribution in [0.25, 0.3) is 0 Å². The second-order valence-corrected chi connectivity index (χ2v) is 29.2. The third-order valence-corrected chi connectivity index (χ3v) is 24.1. The van der Waals surface area contributed by atoms with Crippen LogP contribution in [0.1, 0.15) is 110 Å². The third-order valence-electron chi connectivity index (χ3n) is 9.51. The maximum atomic E-state index is 4.07. The predicted octanol–water partition coefficient (Wildman–Crippen LogP) is 16.5. The van der Waals surface area contributed by atoms with E-state index in [-0.39, 0.29) is 0 Å². The first-order valence-electron chi connectivity index (χ1n) is 20.7. The van der Waals surface area contributed by atoms with Crippen molar-refractivity contribution >= 4 is 88.5 Å². The van der Waals surface area contributed by atoms with Gasteiger partial charge in [0.25, 0.3) is 0 Å². The first kappa shape index (κ1) is 56.8. The molecule has 0 spiro atoms. The van der Waals surface area contributed by atoms with Crippen LogP contribution in [0.4, 0.5) is 0 Å². The average molecular weight is 854 g/mol. The van der Waals surface area contributed by atoms with Gasteiger partial charge in [0.15, 0.2) is 0 Å². The molecular formula is C43H88S6Si2. The minimum atomic E-state index is -1.27. The van der Waals surface area contributed by atoms with Gasteiger partial charge < -0.3 is 0 Å². The molecule has 0 atom stereocenters. The van der Waals surface area contributed by atoms with Crippen molar-refractivity contribution in [3.8, 4) is 0 Å². The van der Waals surface area contributed by atoms with Gasteiger partial charge in [-0.1, -0.05) is 107 Å². The summed E-state index contributed by atoms with van der Waals surface area (Å²) in [6.07, 6.45) is 33.8. The molecule has 0 radical (unpaired) electrons. The Balaban J connectivity index is -0.000000937. The molecule has 0 aromatic rings. The van der Waals surface area contributed by atoms with Crippen molar-refractivity contribution in [2.45, 2.75) is 159 Å². The molecule has 0 N–H and O–H groups in total. The minimum absolute atomic E-state index is 1.02. The van der Waals surface area contributed by atoms with E-state index in [1.807, 2.05) is 24.3 Å². The molecule has 0 unspecified atom stereocenters. The quantitative estimate of drug-likeness (QED) is 0.0275. The van der Waals surface area contributed by atoms with Crippen LogP contribution in [0, 0.1) is 0 Å². The Bertz CT molecular complexity index is 639. The number of allylic oxidation sites excluding steroid dienone is 4. The Morgan fingerprint density at radius 1 is 0.412 bits per heavy atom. The molecule has 0 heterocycles. The molecule has 0 bridgehead atoms. The standard InChI is InChI=1S/C26H56S4Si.C12H20Si.C5H12S2/c1-5-7-9-11-19-29-21-15-25-31(23-13-17-27-3,24-14-18-28-4)26-16-22-30-20-12-10-8-6-2;1-5-9-13(10-6-2,11-7-3)12-8-4;6-4-2-1-3-5-7/h5-26H2,1-4H3;5-8H,1-4,9-12H2;6-7H,1-5H2. The van der Waals surface area contributed by atoms with E-state index in [4.69, 9.17) is 0 Å². The zero-order valence-corrected chi connectivity index (χ0v) is 41.6. The topological polar surface area (TPSA) is 0 Å². The molecule has 0 aromatic carbocycles. The Kier molecular flexibility index (Phi) is 53.1. The van der Waals surface area contributed by atoms with Crippen LogP contribution in [0.2, 0.25) is 48.4 Å². The SMILES string of the molecule is C=CC[Si](CC=C)(CC=C)CC=C.CCCCCCSCCC[Si](CCCSC)(CCCSC)CCCSCCCCCC.SCCCCCS. The molecule has 0 saturated carbocycles. The molecule has 0 fully saturated rings. The molecule has 8 heteroatoms. The summed E-state index contributed by atoms with van der Waals surface area (Å²) in [4.78, 5) is 0. The van der Waals surface area contributed by atoms with Gasteiger partial charge in [0.05, 0.1) is 16.1 Å². The molecular weight excluding hydrogens is 765 g/mol. The van der Waals surface area contributed by atoms with Gasteiger partial charge in [-0.3, -0.25) is 0 Å². The lowest BCUT2D eigenvalue weighted by molar-refractivity contribution is 0.706. The summed E-state index contributed by atoms with van der Waals surface area (Å²) < 4.78 is 0. The highest BCUT2D eigenvalue weighted by Crippen LogP contribution is 2.34. The third kappa shape index (κ3) is 41.0.